The van der Waals surface area contributed by atoms with E-state index in [-0.39, 0.29) is 0 Å². The van der Waals surface area contributed by atoms with Gasteiger partial charge in [-0.3, -0.25) is 0 Å². The Morgan fingerprint density at radius 3 is 2.82 bits per heavy atom. The van der Waals surface area contributed by atoms with Crippen LogP contribution in [0.1, 0.15) is 13.3 Å². The molecular weight excluding hydrogens is 228 g/mol. The molecule has 1 aromatic heterocycles. The highest BCUT2D eigenvalue weighted by molar-refractivity contribution is 7.17. The first-order valence-corrected chi connectivity index (χ1v) is 7.07. The van der Waals surface area contributed by atoms with Gasteiger partial charge < -0.3 is 10.6 Å². The van der Waals surface area contributed by atoms with Crippen molar-refractivity contribution in [3.8, 4) is 0 Å². The lowest BCUT2D eigenvalue weighted by atomic mass is 10.1. The van der Waals surface area contributed by atoms with E-state index in [1.165, 1.54) is 22.2 Å². The average molecular weight is 248 g/mol. The largest absolute Gasteiger partial charge is 0.384 e. The van der Waals surface area contributed by atoms with Crippen LogP contribution in [0.4, 0.5) is 5.69 Å². The smallest absolute Gasteiger partial charge is 0.0529 e. The Hall–Kier alpha value is -1.06. The zero-order chi connectivity index (χ0) is 12.1. The Morgan fingerprint density at radius 1 is 1.24 bits per heavy atom. The highest BCUT2D eigenvalue weighted by Crippen LogP contribution is 2.29. The van der Waals surface area contributed by atoms with Gasteiger partial charge in [0, 0.05) is 22.0 Å². The van der Waals surface area contributed by atoms with Crippen LogP contribution in [-0.4, -0.2) is 20.1 Å². The molecule has 2 rings (SSSR count). The maximum absolute atomic E-state index is 3.57. The van der Waals surface area contributed by atoms with Crippen LogP contribution in [0.2, 0.25) is 0 Å². The second-order valence-electron chi connectivity index (χ2n) is 4.36. The molecule has 0 saturated carbocycles. The monoisotopic (exact) mass is 248 g/mol. The lowest BCUT2D eigenvalue weighted by Crippen LogP contribution is -2.24. The molecule has 17 heavy (non-hydrogen) atoms. The Morgan fingerprint density at radius 2 is 2.06 bits per heavy atom. The number of hydrogen-bond acceptors (Lipinski definition) is 3. The van der Waals surface area contributed by atoms with Crippen molar-refractivity contribution in [1.29, 1.82) is 0 Å². The number of rotatable bonds is 6. The van der Waals surface area contributed by atoms with E-state index < -0.39 is 0 Å². The lowest BCUT2D eigenvalue weighted by molar-refractivity contribution is 0.507. The first-order chi connectivity index (χ1) is 8.35. The summed E-state index contributed by atoms with van der Waals surface area (Å²) in [5, 5.41) is 10.4. The van der Waals surface area contributed by atoms with Gasteiger partial charge in [-0.2, -0.15) is 0 Å². The van der Waals surface area contributed by atoms with Crippen molar-refractivity contribution >= 4 is 27.1 Å². The molecule has 2 nitrogen and oxygen atoms in total. The van der Waals surface area contributed by atoms with Crippen molar-refractivity contribution in [2.75, 3.05) is 25.5 Å². The van der Waals surface area contributed by atoms with Crippen LogP contribution >= 0.6 is 11.3 Å². The van der Waals surface area contributed by atoms with Crippen LogP contribution in [0, 0.1) is 5.92 Å². The third-order valence-corrected chi connectivity index (χ3v) is 4.10. The molecule has 0 radical (unpaired) electrons. The van der Waals surface area contributed by atoms with Gasteiger partial charge >= 0.3 is 0 Å². The highest BCUT2D eigenvalue weighted by Gasteiger charge is 2.07. The number of anilines is 1. The summed E-state index contributed by atoms with van der Waals surface area (Å²) >= 11 is 1.81. The van der Waals surface area contributed by atoms with E-state index in [0.29, 0.717) is 5.92 Å². The molecule has 0 aliphatic heterocycles. The molecule has 2 aromatic rings. The Labute approximate surface area is 107 Å². The van der Waals surface area contributed by atoms with Crippen LogP contribution in [-0.2, 0) is 0 Å². The number of fused-ring (bicyclic) bond motifs is 1. The normalized spacial score (nSPS) is 12.8. The Bertz CT molecular complexity index is 464. The summed E-state index contributed by atoms with van der Waals surface area (Å²) < 4.78 is 1.36. The van der Waals surface area contributed by atoms with Gasteiger partial charge in [-0.05, 0) is 25.6 Å². The van der Waals surface area contributed by atoms with Crippen LogP contribution < -0.4 is 10.6 Å². The summed E-state index contributed by atoms with van der Waals surface area (Å²) in [4.78, 5) is 0. The quantitative estimate of drug-likeness (QED) is 0.817. The third-order valence-electron chi connectivity index (χ3n) is 3.13. The molecule has 0 amide bonds. The molecule has 92 valence electrons. The molecule has 0 aliphatic carbocycles. The van der Waals surface area contributed by atoms with Crippen molar-refractivity contribution in [2.24, 2.45) is 5.92 Å². The summed E-state index contributed by atoms with van der Waals surface area (Å²) in [6.45, 7) is 4.36. The van der Waals surface area contributed by atoms with Crippen molar-refractivity contribution in [2.45, 2.75) is 13.3 Å². The topological polar surface area (TPSA) is 24.1 Å². The lowest BCUT2D eigenvalue weighted by Gasteiger charge is -2.15. The van der Waals surface area contributed by atoms with Gasteiger partial charge in [0.05, 0.1) is 5.69 Å². The summed E-state index contributed by atoms with van der Waals surface area (Å²) in [6, 6.07) is 8.56. The Balaban J connectivity index is 2.03. The van der Waals surface area contributed by atoms with E-state index in [1.54, 1.807) is 0 Å². The predicted molar refractivity (Wildman–Crippen MR) is 78.0 cm³/mol. The van der Waals surface area contributed by atoms with Crippen molar-refractivity contribution in [1.82, 2.24) is 5.32 Å². The summed E-state index contributed by atoms with van der Waals surface area (Å²) in [7, 11) is 2.02. The van der Waals surface area contributed by atoms with Gasteiger partial charge in [0.25, 0.3) is 0 Å². The molecule has 1 atom stereocenters. The van der Waals surface area contributed by atoms with Gasteiger partial charge in [0.15, 0.2) is 0 Å². The summed E-state index contributed by atoms with van der Waals surface area (Å²) in [5.74, 6) is 0.693. The zero-order valence-corrected chi connectivity index (χ0v) is 11.3. The minimum atomic E-state index is 0.693. The standard InChI is InChI=1S/C14H20N2S/c1-3-11(8-15-2)9-16-13-10-17-14-7-5-4-6-12(13)14/h4-7,10-11,15-16H,3,8-9H2,1-2H3. The van der Waals surface area contributed by atoms with Crippen molar-refractivity contribution in [3.05, 3.63) is 29.6 Å². The van der Waals surface area contributed by atoms with E-state index in [9.17, 15) is 0 Å². The van der Waals surface area contributed by atoms with Crippen LogP contribution in [0.3, 0.4) is 0 Å². The summed E-state index contributed by atoms with van der Waals surface area (Å²) in [5.41, 5.74) is 1.28. The van der Waals surface area contributed by atoms with Gasteiger partial charge in [-0.25, -0.2) is 0 Å². The zero-order valence-electron chi connectivity index (χ0n) is 10.5. The highest BCUT2D eigenvalue weighted by atomic mass is 32.1. The fourth-order valence-electron chi connectivity index (χ4n) is 2.02. The van der Waals surface area contributed by atoms with E-state index in [0.717, 1.165) is 13.1 Å². The van der Waals surface area contributed by atoms with Crippen molar-refractivity contribution in [3.63, 3.8) is 0 Å². The number of hydrogen-bond donors (Lipinski definition) is 2. The summed E-state index contributed by atoms with van der Waals surface area (Å²) in [6.07, 6.45) is 1.20. The van der Waals surface area contributed by atoms with Gasteiger partial charge in [-0.15, -0.1) is 11.3 Å². The van der Waals surface area contributed by atoms with E-state index in [4.69, 9.17) is 0 Å². The fraction of sp³-hybridized carbons (Fsp3) is 0.429. The molecule has 0 spiro atoms. The molecule has 0 fully saturated rings. The van der Waals surface area contributed by atoms with E-state index in [2.05, 4.69) is 47.2 Å². The maximum atomic E-state index is 3.57. The Kier molecular flexibility index (Phi) is 4.40. The molecule has 3 heteroatoms. The van der Waals surface area contributed by atoms with Gasteiger partial charge in [-0.1, -0.05) is 31.5 Å². The SMILES string of the molecule is CCC(CNC)CNc1csc2ccccc12. The molecule has 1 aromatic carbocycles. The molecule has 2 N–H and O–H groups in total. The van der Waals surface area contributed by atoms with E-state index >= 15 is 0 Å². The minimum Gasteiger partial charge on any atom is -0.384 e. The van der Waals surface area contributed by atoms with E-state index in [1.807, 2.05) is 18.4 Å². The molecule has 0 aliphatic rings. The molecular formula is C14H20N2S. The fourth-order valence-corrected chi connectivity index (χ4v) is 2.94. The number of thiophene rings is 1. The molecule has 1 unspecified atom stereocenters. The van der Waals surface area contributed by atoms with Gasteiger partial charge in [0.1, 0.15) is 0 Å². The first-order valence-electron chi connectivity index (χ1n) is 6.19. The van der Waals surface area contributed by atoms with Crippen molar-refractivity contribution < 1.29 is 0 Å². The predicted octanol–water partition coefficient (Wildman–Crippen LogP) is 3.56. The second-order valence-corrected chi connectivity index (χ2v) is 5.27. The van der Waals surface area contributed by atoms with Crippen LogP contribution in [0.15, 0.2) is 29.6 Å². The minimum absolute atomic E-state index is 0.693. The second kappa shape index (κ2) is 6.03. The molecule has 0 bridgehead atoms. The number of nitrogens with one attached hydrogen (secondary N) is 2. The molecule has 0 saturated heterocycles. The number of benzene rings is 1. The van der Waals surface area contributed by atoms with Gasteiger partial charge in [0.2, 0.25) is 0 Å². The third kappa shape index (κ3) is 2.99. The molecule has 1 heterocycles. The van der Waals surface area contributed by atoms with Crippen LogP contribution in [0.5, 0.6) is 0 Å². The average Bonchev–Trinajstić information content (AvgIpc) is 2.78. The maximum Gasteiger partial charge on any atom is 0.0529 e. The van der Waals surface area contributed by atoms with Crippen LogP contribution in [0.25, 0.3) is 10.1 Å². The first kappa shape index (κ1) is 12.4.